The normalized spacial score (nSPS) is 16.0. The number of hydrogen-bond acceptors (Lipinski definition) is 5. The average Bonchev–Trinajstić information content (AvgIpc) is 3.11. The molecule has 26 heavy (non-hydrogen) atoms. The number of hydrogen-bond donors (Lipinski definition) is 2. The summed E-state index contributed by atoms with van der Waals surface area (Å²) in [4.78, 5) is 17.8. The Labute approximate surface area is 154 Å². The zero-order valence-electron chi connectivity index (χ0n) is 15.8. The Bertz CT molecular complexity index is 907. The van der Waals surface area contributed by atoms with E-state index in [9.17, 15) is 0 Å². The zero-order valence-corrected chi connectivity index (χ0v) is 15.8. The van der Waals surface area contributed by atoms with Gasteiger partial charge in [-0.2, -0.15) is 0 Å². The van der Waals surface area contributed by atoms with Crippen LogP contribution in [0.4, 0.5) is 11.5 Å². The number of pyridine rings is 1. The first-order valence-corrected chi connectivity index (χ1v) is 9.74. The highest BCUT2D eigenvalue weighted by Crippen LogP contribution is 2.30. The van der Waals surface area contributed by atoms with Crippen molar-refractivity contribution in [2.45, 2.75) is 33.1 Å². The number of aromatic nitrogens is 3. The molecule has 6 heteroatoms. The monoisotopic (exact) mass is 352 g/mol. The number of aryl methyl sites for hydroxylation is 1. The second-order valence-electron chi connectivity index (χ2n) is 7.13. The first-order chi connectivity index (χ1) is 12.7. The summed E-state index contributed by atoms with van der Waals surface area (Å²) in [5.74, 6) is 1.54. The Morgan fingerprint density at radius 3 is 2.65 bits per heavy atom. The van der Waals surface area contributed by atoms with Gasteiger partial charge in [0.05, 0.1) is 5.52 Å². The number of nitrogens with zero attached hydrogens (tertiary/aromatic N) is 4. The number of unbranched alkanes of at least 4 members (excludes halogenated alkanes) is 1. The van der Waals surface area contributed by atoms with Crippen molar-refractivity contribution in [3.8, 4) is 0 Å². The molecule has 3 N–H and O–H groups in total. The molecule has 0 spiro atoms. The highest BCUT2D eigenvalue weighted by molar-refractivity contribution is 6.07. The standard InChI is InChI=1S/C20H28N6/c1-3-5-6-17-23-18-15-13-14(26-11-9-25(4-2)10-12-26)7-8-16(15)22-20(21)19(18)24-17/h7-8,13H,3-6,9-12H2,1-2H3,(H2,21,22)(H,23,24). The fourth-order valence-corrected chi connectivity index (χ4v) is 3.78. The number of fused-ring (bicyclic) bond motifs is 3. The number of H-pyrrole nitrogens is 1. The number of anilines is 2. The van der Waals surface area contributed by atoms with E-state index in [-0.39, 0.29) is 0 Å². The summed E-state index contributed by atoms with van der Waals surface area (Å²) in [6, 6.07) is 6.47. The van der Waals surface area contributed by atoms with Crippen LogP contribution in [0.2, 0.25) is 0 Å². The van der Waals surface area contributed by atoms with Crippen LogP contribution < -0.4 is 10.6 Å². The number of imidazole rings is 1. The molecule has 3 heterocycles. The van der Waals surface area contributed by atoms with Crippen LogP contribution in [0.25, 0.3) is 21.9 Å². The topological polar surface area (TPSA) is 74.1 Å². The second-order valence-corrected chi connectivity index (χ2v) is 7.13. The van der Waals surface area contributed by atoms with Crippen LogP contribution in [-0.4, -0.2) is 52.6 Å². The maximum atomic E-state index is 6.18. The van der Waals surface area contributed by atoms with Crippen LogP contribution in [0.3, 0.4) is 0 Å². The SMILES string of the molecule is CCCCc1nc2c([nH]1)c(N)nc1ccc(N3CCN(CC)CC3)cc12. The Morgan fingerprint density at radius 1 is 1.12 bits per heavy atom. The highest BCUT2D eigenvalue weighted by Gasteiger charge is 2.18. The van der Waals surface area contributed by atoms with Gasteiger partial charge >= 0.3 is 0 Å². The molecular weight excluding hydrogens is 324 g/mol. The van der Waals surface area contributed by atoms with Gasteiger partial charge in [-0.25, -0.2) is 9.97 Å². The molecule has 1 aliphatic heterocycles. The molecule has 138 valence electrons. The molecule has 0 unspecified atom stereocenters. The van der Waals surface area contributed by atoms with Crippen LogP contribution >= 0.6 is 0 Å². The van der Waals surface area contributed by atoms with E-state index in [2.05, 4.69) is 51.8 Å². The van der Waals surface area contributed by atoms with Crippen molar-refractivity contribution >= 4 is 33.4 Å². The summed E-state index contributed by atoms with van der Waals surface area (Å²) in [6.45, 7) is 9.91. The molecule has 0 radical (unpaired) electrons. The summed E-state index contributed by atoms with van der Waals surface area (Å²) < 4.78 is 0. The van der Waals surface area contributed by atoms with E-state index < -0.39 is 0 Å². The summed E-state index contributed by atoms with van der Waals surface area (Å²) in [5, 5.41) is 1.09. The third-order valence-electron chi connectivity index (χ3n) is 5.44. The minimum Gasteiger partial charge on any atom is -0.382 e. The molecule has 2 aromatic heterocycles. The smallest absolute Gasteiger partial charge is 0.150 e. The lowest BCUT2D eigenvalue weighted by molar-refractivity contribution is 0.271. The minimum absolute atomic E-state index is 0.534. The van der Waals surface area contributed by atoms with Gasteiger partial charge in [0.15, 0.2) is 0 Å². The number of benzene rings is 1. The quantitative estimate of drug-likeness (QED) is 0.738. The van der Waals surface area contributed by atoms with Crippen molar-refractivity contribution in [2.75, 3.05) is 43.4 Å². The molecule has 4 rings (SSSR count). The van der Waals surface area contributed by atoms with Crippen molar-refractivity contribution in [3.63, 3.8) is 0 Å². The largest absolute Gasteiger partial charge is 0.382 e. The number of nitrogen functional groups attached to an aromatic ring is 1. The second kappa shape index (κ2) is 7.11. The van der Waals surface area contributed by atoms with Crippen LogP contribution in [0.1, 0.15) is 32.5 Å². The molecule has 6 nitrogen and oxygen atoms in total. The Morgan fingerprint density at radius 2 is 1.92 bits per heavy atom. The van der Waals surface area contributed by atoms with Gasteiger partial charge in [-0.1, -0.05) is 20.3 Å². The molecule has 1 aliphatic rings. The van der Waals surface area contributed by atoms with Gasteiger partial charge in [0.2, 0.25) is 0 Å². The lowest BCUT2D eigenvalue weighted by atomic mass is 10.1. The van der Waals surface area contributed by atoms with Crippen molar-refractivity contribution < 1.29 is 0 Å². The zero-order chi connectivity index (χ0) is 18.1. The number of rotatable bonds is 5. The van der Waals surface area contributed by atoms with Crippen LogP contribution in [0.15, 0.2) is 18.2 Å². The Hall–Kier alpha value is -2.34. The molecule has 0 saturated carbocycles. The van der Waals surface area contributed by atoms with E-state index in [1.807, 2.05) is 0 Å². The van der Waals surface area contributed by atoms with Crippen LogP contribution in [-0.2, 0) is 6.42 Å². The maximum absolute atomic E-state index is 6.18. The molecule has 1 saturated heterocycles. The van der Waals surface area contributed by atoms with Crippen LogP contribution in [0, 0.1) is 0 Å². The van der Waals surface area contributed by atoms with Gasteiger partial charge in [-0.15, -0.1) is 0 Å². The number of piperazine rings is 1. The number of nitrogens with two attached hydrogens (primary N) is 1. The predicted octanol–water partition coefficient (Wildman–Crippen LogP) is 3.18. The molecule has 0 atom stereocenters. The van der Waals surface area contributed by atoms with Crippen molar-refractivity contribution in [2.24, 2.45) is 0 Å². The Balaban J connectivity index is 1.73. The molecule has 1 fully saturated rings. The van der Waals surface area contributed by atoms with Gasteiger partial charge in [0.25, 0.3) is 0 Å². The average molecular weight is 352 g/mol. The first kappa shape index (κ1) is 17.1. The predicted molar refractivity (Wildman–Crippen MR) is 109 cm³/mol. The van der Waals surface area contributed by atoms with E-state index in [4.69, 9.17) is 10.7 Å². The lowest BCUT2D eigenvalue weighted by Crippen LogP contribution is -2.46. The molecular formula is C20H28N6. The van der Waals surface area contributed by atoms with Crippen molar-refractivity contribution in [3.05, 3.63) is 24.0 Å². The van der Waals surface area contributed by atoms with E-state index in [1.165, 1.54) is 5.69 Å². The summed E-state index contributed by atoms with van der Waals surface area (Å²) in [5.41, 5.74) is 10.2. The van der Waals surface area contributed by atoms with Gasteiger partial charge < -0.3 is 20.5 Å². The summed E-state index contributed by atoms with van der Waals surface area (Å²) in [6.07, 6.45) is 3.22. The van der Waals surface area contributed by atoms with E-state index in [1.54, 1.807) is 0 Å². The third-order valence-corrected chi connectivity index (χ3v) is 5.44. The van der Waals surface area contributed by atoms with Gasteiger partial charge in [0, 0.05) is 43.7 Å². The summed E-state index contributed by atoms with van der Waals surface area (Å²) in [7, 11) is 0. The molecule has 0 bridgehead atoms. The summed E-state index contributed by atoms with van der Waals surface area (Å²) >= 11 is 0. The van der Waals surface area contributed by atoms with Crippen molar-refractivity contribution in [1.29, 1.82) is 0 Å². The maximum Gasteiger partial charge on any atom is 0.150 e. The van der Waals surface area contributed by atoms with Crippen LogP contribution in [0.5, 0.6) is 0 Å². The van der Waals surface area contributed by atoms with Crippen molar-refractivity contribution in [1.82, 2.24) is 19.9 Å². The van der Waals surface area contributed by atoms with Gasteiger partial charge in [-0.05, 0) is 31.2 Å². The van der Waals surface area contributed by atoms with E-state index in [0.717, 1.165) is 79.7 Å². The number of aromatic amines is 1. The van der Waals surface area contributed by atoms with E-state index in [0.29, 0.717) is 5.82 Å². The molecule has 1 aromatic carbocycles. The number of nitrogens with one attached hydrogen (secondary N) is 1. The lowest BCUT2D eigenvalue weighted by Gasteiger charge is -2.35. The fourth-order valence-electron chi connectivity index (χ4n) is 3.78. The van der Waals surface area contributed by atoms with E-state index >= 15 is 0 Å². The van der Waals surface area contributed by atoms with Gasteiger partial charge in [-0.3, -0.25) is 0 Å². The number of likely N-dealkylation sites (N-methyl/N-ethyl adjacent to an activating group) is 1. The molecule has 0 aliphatic carbocycles. The first-order valence-electron chi connectivity index (χ1n) is 9.74. The highest BCUT2D eigenvalue weighted by atomic mass is 15.3. The third kappa shape index (κ3) is 3.09. The fraction of sp³-hybridized carbons (Fsp3) is 0.500. The molecule has 0 amide bonds. The minimum atomic E-state index is 0.534. The Kier molecular flexibility index (Phi) is 4.68. The molecule has 3 aromatic rings. The van der Waals surface area contributed by atoms with Gasteiger partial charge in [0.1, 0.15) is 22.7 Å².